The molecule has 4 rings (SSSR count). The molecule has 1 aliphatic heterocycles. The number of hydrogen-bond donors (Lipinski definition) is 0. The Balaban J connectivity index is 1.80. The first kappa shape index (κ1) is 21.0. The van der Waals surface area contributed by atoms with Crippen LogP contribution in [0.5, 0.6) is 0 Å². The number of aliphatic imine (C=N–C) groups is 1. The van der Waals surface area contributed by atoms with Crippen molar-refractivity contribution in [2.45, 2.75) is 39.8 Å². The van der Waals surface area contributed by atoms with Crippen LogP contribution in [0.2, 0.25) is 0 Å². The molecule has 1 aliphatic rings. The highest BCUT2D eigenvalue weighted by atomic mass is 19.4. The maximum atomic E-state index is 13.3. The van der Waals surface area contributed by atoms with Gasteiger partial charge in [0.05, 0.1) is 17.0 Å². The van der Waals surface area contributed by atoms with E-state index in [9.17, 15) is 18.0 Å². The second-order valence-corrected chi connectivity index (χ2v) is 7.96. The summed E-state index contributed by atoms with van der Waals surface area (Å²) < 4.78 is 39.9. The van der Waals surface area contributed by atoms with Crippen molar-refractivity contribution in [3.8, 4) is 11.1 Å². The van der Waals surface area contributed by atoms with Crippen molar-refractivity contribution in [2.75, 3.05) is 0 Å². The summed E-state index contributed by atoms with van der Waals surface area (Å²) in [5.74, 6) is -0.157. The zero-order chi connectivity index (χ0) is 22.3. The summed E-state index contributed by atoms with van der Waals surface area (Å²) in [6.45, 7) is 5.28. The highest BCUT2D eigenvalue weighted by Gasteiger charge is 2.33. The van der Waals surface area contributed by atoms with Crippen molar-refractivity contribution in [3.05, 3.63) is 82.2 Å². The molecule has 0 fully saturated rings. The van der Waals surface area contributed by atoms with E-state index in [1.54, 1.807) is 0 Å². The fourth-order valence-electron chi connectivity index (χ4n) is 3.98. The SMILES string of the molecule is Cc1cc(-c2cccc(C3=Nc4cc(C)c(C(F)(F)F)cc4CC(=O)C3)c2)cc(C)n1. The van der Waals surface area contributed by atoms with Crippen LogP contribution in [0, 0.1) is 20.8 Å². The minimum atomic E-state index is -4.46. The Kier molecular flexibility index (Phi) is 5.25. The van der Waals surface area contributed by atoms with E-state index in [0.29, 0.717) is 17.0 Å². The van der Waals surface area contributed by atoms with Crippen molar-refractivity contribution in [2.24, 2.45) is 4.99 Å². The summed E-state index contributed by atoms with van der Waals surface area (Å²) in [6.07, 6.45) is -4.45. The van der Waals surface area contributed by atoms with E-state index in [1.165, 1.54) is 13.0 Å². The highest BCUT2D eigenvalue weighted by Crippen LogP contribution is 2.37. The molecule has 0 N–H and O–H groups in total. The number of rotatable bonds is 2. The molecular formula is C25H21F3N2O. The van der Waals surface area contributed by atoms with Gasteiger partial charge in [0.15, 0.2) is 0 Å². The second kappa shape index (κ2) is 7.76. The largest absolute Gasteiger partial charge is 0.416 e. The van der Waals surface area contributed by atoms with Crippen LogP contribution in [-0.2, 0) is 17.4 Å². The number of carbonyl (C=O) groups is 1. The van der Waals surface area contributed by atoms with Crippen LogP contribution in [0.3, 0.4) is 0 Å². The lowest BCUT2D eigenvalue weighted by Gasteiger charge is -2.13. The summed E-state index contributed by atoms with van der Waals surface area (Å²) >= 11 is 0. The third kappa shape index (κ3) is 4.43. The Morgan fingerprint density at radius 3 is 2.19 bits per heavy atom. The number of carbonyl (C=O) groups excluding carboxylic acids is 1. The molecule has 0 saturated heterocycles. The lowest BCUT2D eigenvalue weighted by atomic mass is 9.97. The van der Waals surface area contributed by atoms with Gasteiger partial charge in [-0.2, -0.15) is 13.2 Å². The van der Waals surface area contributed by atoms with Crippen molar-refractivity contribution in [1.29, 1.82) is 0 Å². The Hall–Kier alpha value is -3.28. The van der Waals surface area contributed by atoms with E-state index >= 15 is 0 Å². The zero-order valence-electron chi connectivity index (χ0n) is 17.5. The van der Waals surface area contributed by atoms with Crippen molar-refractivity contribution in [3.63, 3.8) is 0 Å². The van der Waals surface area contributed by atoms with Crippen LogP contribution in [0.25, 0.3) is 11.1 Å². The molecule has 3 nitrogen and oxygen atoms in total. The number of pyridine rings is 1. The van der Waals surface area contributed by atoms with Gasteiger partial charge < -0.3 is 0 Å². The predicted molar refractivity (Wildman–Crippen MR) is 115 cm³/mol. The van der Waals surface area contributed by atoms with Crippen LogP contribution in [0.1, 0.15) is 40.1 Å². The van der Waals surface area contributed by atoms with Gasteiger partial charge in [-0.15, -0.1) is 0 Å². The highest BCUT2D eigenvalue weighted by molar-refractivity contribution is 6.14. The number of aromatic nitrogens is 1. The molecule has 2 aromatic carbocycles. The first-order chi connectivity index (χ1) is 14.6. The average Bonchev–Trinajstić information content (AvgIpc) is 2.83. The summed E-state index contributed by atoms with van der Waals surface area (Å²) in [7, 11) is 0. The van der Waals surface area contributed by atoms with E-state index in [2.05, 4.69) is 9.98 Å². The molecule has 0 amide bonds. The van der Waals surface area contributed by atoms with Crippen LogP contribution < -0.4 is 0 Å². The van der Waals surface area contributed by atoms with Gasteiger partial charge in [-0.1, -0.05) is 18.2 Å². The molecule has 0 radical (unpaired) electrons. The van der Waals surface area contributed by atoms with Gasteiger partial charge in [-0.25, -0.2) is 0 Å². The van der Waals surface area contributed by atoms with Crippen LogP contribution in [-0.4, -0.2) is 16.5 Å². The van der Waals surface area contributed by atoms with Gasteiger partial charge in [0, 0.05) is 24.2 Å². The summed E-state index contributed by atoms with van der Waals surface area (Å²) in [5.41, 5.74) is 5.26. The molecule has 0 bridgehead atoms. The molecule has 0 unspecified atom stereocenters. The fraction of sp³-hybridized carbons (Fsp3) is 0.240. The molecule has 158 valence electrons. The number of nitrogens with zero attached hydrogens (tertiary/aromatic N) is 2. The molecule has 3 aromatic rings. The fourth-order valence-corrected chi connectivity index (χ4v) is 3.98. The minimum absolute atomic E-state index is 0.0614. The third-order valence-electron chi connectivity index (χ3n) is 5.35. The first-order valence-corrected chi connectivity index (χ1v) is 9.96. The number of aryl methyl sites for hydroxylation is 3. The van der Waals surface area contributed by atoms with Gasteiger partial charge in [0.1, 0.15) is 5.78 Å². The number of halogens is 3. The molecule has 31 heavy (non-hydrogen) atoms. The maximum Gasteiger partial charge on any atom is 0.416 e. The molecule has 1 aromatic heterocycles. The van der Waals surface area contributed by atoms with E-state index < -0.39 is 11.7 Å². The normalized spacial score (nSPS) is 14.1. The predicted octanol–water partition coefficient (Wildman–Crippen LogP) is 6.33. The minimum Gasteiger partial charge on any atom is -0.299 e. The topological polar surface area (TPSA) is 42.3 Å². The van der Waals surface area contributed by atoms with Crippen molar-refractivity contribution < 1.29 is 18.0 Å². The Bertz CT molecular complexity index is 1210. The molecule has 0 spiro atoms. The quantitative estimate of drug-likeness (QED) is 0.484. The van der Waals surface area contributed by atoms with Gasteiger partial charge >= 0.3 is 6.18 Å². The Labute approximate surface area is 178 Å². The molecule has 0 atom stereocenters. The van der Waals surface area contributed by atoms with Crippen LogP contribution in [0.15, 0.2) is 53.5 Å². The summed E-state index contributed by atoms with van der Waals surface area (Å²) in [4.78, 5) is 21.6. The zero-order valence-corrected chi connectivity index (χ0v) is 17.5. The van der Waals surface area contributed by atoms with E-state index in [1.807, 2.05) is 50.2 Å². The van der Waals surface area contributed by atoms with Crippen LogP contribution in [0.4, 0.5) is 18.9 Å². The van der Waals surface area contributed by atoms with Crippen LogP contribution >= 0.6 is 0 Å². The monoisotopic (exact) mass is 422 g/mol. The van der Waals surface area contributed by atoms with Gasteiger partial charge in [-0.3, -0.25) is 14.8 Å². The molecule has 0 aliphatic carbocycles. The summed E-state index contributed by atoms with van der Waals surface area (Å²) in [5, 5.41) is 0. The second-order valence-electron chi connectivity index (χ2n) is 7.96. The number of fused-ring (bicyclic) bond motifs is 1. The van der Waals surface area contributed by atoms with Gasteiger partial charge in [0.25, 0.3) is 0 Å². The van der Waals surface area contributed by atoms with E-state index in [0.717, 1.165) is 34.1 Å². The van der Waals surface area contributed by atoms with Gasteiger partial charge in [-0.05, 0) is 78.9 Å². The molecule has 0 saturated carbocycles. The maximum absolute atomic E-state index is 13.3. The first-order valence-electron chi connectivity index (χ1n) is 9.96. The third-order valence-corrected chi connectivity index (χ3v) is 5.35. The van der Waals surface area contributed by atoms with Crippen molar-refractivity contribution in [1.82, 2.24) is 4.98 Å². The standard InChI is InChI=1S/C25H21F3N2O/c1-14-7-23-20(12-22(14)25(26,27)28)11-21(31)13-24(30-23)18-6-4-5-17(10-18)19-8-15(2)29-16(3)9-19/h4-10,12H,11,13H2,1-3H3. The number of hydrogen-bond acceptors (Lipinski definition) is 3. The number of benzene rings is 2. The lowest BCUT2D eigenvalue weighted by molar-refractivity contribution is -0.138. The number of ketones is 1. The van der Waals surface area contributed by atoms with Gasteiger partial charge in [0.2, 0.25) is 0 Å². The number of alkyl halides is 3. The Morgan fingerprint density at radius 2 is 1.52 bits per heavy atom. The van der Waals surface area contributed by atoms with E-state index in [4.69, 9.17) is 0 Å². The van der Waals surface area contributed by atoms with Crippen molar-refractivity contribution >= 4 is 17.2 Å². The average molecular weight is 422 g/mol. The smallest absolute Gasteiger partial charge is 0.299 e. The summed E-state index contributed by atoms with van der Waals surface area (Å²) in [6, 6.07) is 14.2. The molecule has 6 heteroatoms. The Morgan fingerprint density at radius 1 is 0.839 bits per heavy atom. The molecule has 2 heterocycles. The number of Topliss-reactive ketones (excluding diaryl/α,β-unsaturated/α-hetero) is 1. The van der Waals surface area contributed by atoms with E-state index in [-0.39, 0.29) is 24.2 Å². The molecular weight excluding hydrogens is 401 g/mol. The lowest BCUT2D eigenvalue weighted by Crippen LogP contribution is -2.10.